The number of aliphatic hydroxyl groups excluding tert-OH is 1. The van der Waals surface area contributed by atoms with Crippen LogP contribution in [0.3, 0.4) is 0 Å². The Bertz CT molecular complexity index is 75.5. The van der Waals surface area contributed by atoms with Crippen molar-refractivity contribution in [2.24, 2.45) is 0 Å². The molecule has 0 heterocycles. The second kappa shape index (κ2) is 7.95. The van der Waals surface area contributed by atoms with Gasteiger partial charge in [0.1, 0.15) is 0 Å². The molecule has 54 valence electrons. The first-order valence-electron chi connectivity index (χ1n) is 2.98. The molecule has 3 heteroatoms. The number of halogens is 1. The minimum Gasteiger partial charge on any atom is -0.396 e. The standard InChI is InChI=1S/C6H12ClNO/c7-3-1-4-8-5-2-6-9/h1,3,8-9H,2,4-6H2/b3-1+. The lowest BCUT2D eigenvalue weighted by atomic mass is 10.4. The second-order valence-electron chi connectivity index (χ2n) is 1.64. The maximum Gasteiger partial charge on any atom is 0.0443 e. The van der Waals surface area contributed by atoms with Gasteiger partial charge in [-0.1, -0.05) is 17.7 Å². The summed E-state index contributed by atoms with van der Waals surface area (Å²) in [6.45, 7) is 1.87. The number of rotatable bonds is 5. The van der Waals surface area contributed by atoms with Crippen LogP contribution in [0.25, 0.3) is 0 Å². The largest absolute Gasteiger partial charge is 0.396 e. The van der Waals surface area contributed by atoms with E-state index in [9.17, 15) is 0 Å². The minimum atomic E-state index is 0.248. The molecule has 0 aromatic heterocycles. The van der Waals surface area contributed by atoms with E-state index < -0.39 is 0 Å². The van der Waals surface area contributed by atoms with Crippen molar-refractivity contribution in [2.75, 3.05) is 19.7 Å². The van der Waals surface area contributed by atoms with Crippen molar-refractivity contribution < 1.29 is 5.11 Å². The van der Waals surface area contributed by atoms with Crippen LogP contribution in [0.2, 0.25) is 0 Å². The van der Waals surface area contributed by atoms with Gasteiger partial charge in [-0.25, -0.2) is 0 Å². The summed E-state index contributed by atoms with van der Waals surface area (Å²) in [6, 6.07) is 0. The molecule has 0 aliphatic rings. The molecule has 9 heavy (non-hydrogen) atoms. The number of aliphatic hydroxyl groups is 1. The van der Waals surface area contributed by atoms with Gasteiger partial charge < -0.3 is 10.4 Å². The predicted molar refractivity (Wildman–Crippen MR) is 39.6 cm³/mol. The van der Waals surface area contributed by atoms with Gasteiger partial charge in [0.2, 0.25) is 0 Å². The Hall–Kier alpha value is -0.0500. The van der Waals surface area contributed by atoms with E-state index in [1.165, 1.54) is 5.54 Å². The van der Waals surface area contributed by atoms with E-state index in [0.717, 1.165) is 19.5 Å². The highest BCUT2D eigenvalue weighted by Gasteiger charge is 1.80. The van der Waals surface area contributed by atoms with Crippen LogP contribution in [-0.2, 0) is 0 Å². The lowest BCUT2D eigenvalue weighted by molar-refractivity contribution is 0.287. The number of hydrogen-bond donors (Lipinski definition) is 2. The molecule has 0 atom stereocenters. The molecular formula is C6H12ClNO. The Morgan fingerprint density at radius 2 is 2.33 bits per heavy atom. The molecular weight excluding hydrogens is 138 g/mol. The molecule has 0 bridgehead atoms. The zero-order valence-electron chi connectivity index (χ0n) is 5.31. The highest BCUT2D eigenvalue weighted by molar-refractivity contribution is 6.25. The van der Waals surface area contributed by atoms with Gasteiger partial charge >= 0.3 is 0 Å². The Morgan fingerprint density at radius 1 is 1.56 bits per heavy atom. The Labute approximate surface area is 60.5 Å². The van der Waals surface area contributed by atoms with Gasteiger partial charge in [0.15, 0.2) is 0 Å². The van der Waals surface area contributed by atoms with E-state index >= 15 is 0 Å². The van der Waals surface area contributed by atoms with E-state index in [2.05, 4.69) is 5.32 Å². The summed E-state index contributed by atoms with van der Waals surface area (Å²) in [5, 5.41) is 11.4. The fraction of sp³-hybridized carbons (Fsp3) is 0.667. The van der Waals surface area contributed by atoms with E-state index in [0.29, 0.717) is 0 Å². The third kappa shape index (κ3) is 7.95. The maximum atomic E-state index is 8.34. The first kappa shape index (κ1) is 8.95. The van der Waals surface area contributed by atoms with Crippen molar-refractivity contribution >= 4 is 11.6 Å². The third-order valence-corrected chi connectivity index (χ3v) is 1.04. The van der Waals surface area contributed by atoms with E-state index in [1.807, 2.05) is 6.08 Å². The number of hydrogen-bond acceptors (Lipinski definition) is 2. The Morgan fingerprint density at radius 3 is 2.89 bits per heavy atom. The highest BCUT2D eigenvalue weighted by Crippen LogP contribution is 1.76. The van der Waals surface area contributed by atoms with Crippen LogP contribution < -0.4 is 5.32 Å². The summed E-state index contributed by atoms with van der Waals surface area (Å²) in [6.07, 6.45) is 2.62. The van der Waals surface area contributed by atoms with Crippen molar-refractivity contribution in [2.45, 2.75) is 6.42 Å². The molecule has 0 spiro atoms. The molecule has 0 rings (SSSR count). The van der Waals surface area contributed by atoms with E-state index in [4.69, 9.17) is 16.7 Å². The quantitative estimate of drug-likeness (QED) is 0.565. The van der Waals surface area contributed by atoms with Crippen LogP contribution >= 0.6 is 11.6 Å². The zero-order valence-corrected chi connectivity index (χ0v) is 6.06. The average molecular weight is 150 g/mol. The molecule has 0 aliphatic heterocycles. The first-order chi connectivity index (χ1) is 4.41. The molecule has 0 saturated heterocycles. The van der Waals surface area contributed by atoms with Crippen LogP contribution in [0.15, 0.2) is 11.6 Å². The van der Waals surface area contributed by atoms with Crippen LogP contribution in [0.1, 0.15) is 6.42 Å². The monoisotopic (exact) mass is 149 g/mol. The lowest BCUT2D eigenvalue weighted by Gasteiger charge is -1.96. The summed E-state index contributed by atoms with van der Waals surface area (Å²) in [5.41, 5.74) is 1.48. The normalized spacial score (nSPS) is 10.9. The van der Waals surface area contributed by atoms with Gasteiger partial charge in [-0.3, -0.25) is 0 Å². The topological polar surface area (TPSA) is 32.3 Å². The zero-order chi connectivity index (χ0) is 6.95. The smallest absolute Gasteiger partial charge is 0.0443 e. The minimum absolute atomic E-state index is 0.248. The SMILES string of the molecule is OCCCNC/C=C/Cl. The third-order valence-electron chi connectivity index (χ3n) is 0.863. The molecule has 0 radical (unpaired) electrons. The van der Waals surface area contributed by atoms with E-state index in [1.54, 1.807) is 0 Å². The van der Waals surface area contributed by atoms with Gasteiger partial charge in [0, 0.05) is 18.7 Å². The molecule has 0 aromatic rings. The Kier molecular flexibility index (Phi) is 7.91. The fourth-order valence-electron chi connectivity index (χ4n) is 0.434. The fourth-order valence-corrected chi connectivity index (χ4v) is 0.523. The molecule has 0 aromatic carbocycles. The number of nitrogens with one attached hydrogen (secondary N) is 1. The molecule has 0 aliphatic carbocycles. The van der Waals surface area contributed by atoms with Crippen LogP contribution in [0.5, 0.6) is 0 Å². The van der Waals surface area contributed by atoms with Crippen molar-refractivity contribution in [3.63, 3.8) is 0 Å². The van der Waals surface area contributed by atoms with Gasteiger partial charge in [0.05, 0.1) is 0 Å². The van der Waals surface area contributed by atoms with Crippen molar-refractivity contribution in [3.8, 4) is 0 Å². The van der Waals surface area contributed by atoms with Crippen LogP contribution in [-0.4, -0.2) is 24.8 Å². The molecule has 2 N–H and O–H groups in total. The van der Waals surface area contributed by atoms with Crippen molar-refractivity contribution in [1.82, 2.24) is 5.32 Å². The molecule has 0 amide bonds. The predicted octanol–water partition coefficient (Wildman–Crippen LogP) is 0.711. The van der Waals surface area contributed by atoms with Gasteiger partial charge in [-0.2, -0.15) is 0 Å². The summed E-state index contributed by atoms with van der Waals surface area (Å²) in [7, 11) is 0. The summed E-state index contributed by atoms with van der Waals surface area (Å²) >= 11 is 5.24. The maximum absolute atomic E-state index is 8.34. The van der Waals surface area contributed by atoms with Crippen molar-refractivity contribution in [3.05, 3.63) is 11.6 Å². The summed E-state index contributed by atoms with van der Waals surface area (Å²) in [4.78, 5) is 0. The lowest BCUT2D eigenvalue weighted by Crippen LogP contribution is -2.15. The van der Waals surface area contributed by atoms with Crippen LogP contribution in [0, 0.1) is 0 Å². The van der Waals surface area contributed by atoms with Gasteiger partial charge in [0.25, 0.3) is 0 Å². The van der Waals surface area contributed by atoms with Gasteiger partial charge in [-0.15, -0.1) is 0 Å². The molecule has 2 nitrogen and oxygen atoms in total. The second-order valence-corrected chi connectivity index (χ2v) is 1.89. The van der Waals surface area contributed by atoms with E-state index in [-0.39, 0.29) is 6.61 Å². The first-order valence-corrected chi connectivity index (χ1v) is 3.42. The van der Waals surface area contributed by atoms with Crippen LogP contribution in [0.4, 0.5) is 0 Å². The van der Waals surface area contributed by atoms with Crippen molar-refractivity contribution in [1.29, 1.82) is 0 Å². The average Bonchev–Trinajstić information content (AvgIpc) is 1.89. The Balaban J connectivity index is 2.75. The highest BCUT2D eigenvalue weighted by atomic mass is 35.5. The van der Waals surface area contributed by atoms with Gasteiger partial charge in [-0.05, 0) is 13.0 Å². The molecule has 0 unspecified atom stereocenters. The molecule has 0 saturated carbocycles. The summed E-state index contributed by atoms with van der Waals surface area (Å²) < 4.78 is 0. The molecule has 0 fully saturated rings. The summed E-state index contributed by atoms with van der Waals surface area (Å²) in [5.74, 6) is 0.